The SMILES string of the molecule is CC(C)(C#Cc1ccc(-c2ccc(Cl)c3c(N(C(=O)[C@H]4C[C@H](N)C4)S(C)(=O)=O)nn(CC(F)(F)F)c23)c([C@H](Cc2cc(F)cc(F)c2)NC(=O)Cn2nc(C(F)(F)F)c3c2C(F)(F)[C@@H]2C[C@H]32)n1)S(C)(=O)=O. The summed E-state index contributed by atoms with van der Waals surface area (Å²) in [4.78, 5) is 32.5. The lowest BCUT2D eigenvalue weighted by Crippen LogP contribution is -2.48. The summed E-state index contributed by atoms with van der Waals surface area (Å²) in [5.74, 6) is -7.88. The van der Waals surface area contributed by atoms with Gasteiger partial charge in [-0.1, -0.05) is 23.6 Å². The molecule has 0 saturated heterocycles. The van der Waals surface area contributed by atoms with Crippen molar-refractivity contribution >= 4 is 60.0 Å². The molecule has 2 aromatic carbocycles. The molecule has 71 heavy (non-hydrogen) atoms. The molecule has 14 nitrogen and oxygen atoms in total. The van der Waals surface area contributed by atoms with Crippen molar-refractivity contribution in [1.29, 1.82) is 0 Å². The maximum absolute atomic E-state index is 15.6. The Bertz CT molecular complexity index is 3320. The predicted octanol–water partition coefficient (Wildman–Crippen LogP) is 7.32. The molecule has 0 radical (unpaired) electrons. The minimum atomic E-state index is -5.21. The lowest BCUT2D eigenvalue weighted by Gasteiger charge is -2.34. The quantitative estimate of drug-likeness (QED) is 0.0946. The van der Waals surface area contributed by atoms with Crippen molar-refractivity contribution in [3.8, 4) is 23.0 Å². The summed E-state index contributed by atoms with van der Waals surface area (Å²) in [6.07, 6.45) is -9.73. The number of rotatable bonds is 12. The number of carbonyl (C=O) groups excluding carboxylic acids is 2. The second kappa shape index (κ2) is 17.5. The third-order valence-corrected chi connectivity index (χ3v) is 15.8. The highest BCUT2D eigenvalue weighted by molar-refractivity contribution is 7.93. The van der Waals surface area contributed by atoms with Gasteiger partial charge >= 0.3 is 12.4 Å². The van der Waals surface area contributed by atoms with E-state index in [4.69, 9.17) is 17.3 Å². The molecule has 8 rings (SSSR count). The van der Waals surface area contributed by atoms with E-state index in [1.165, 1.54) is 26.0 Å². The molecule has 2 saturated carbocycles. The predicted molar refractivity (Wildman–Crippen MR) is 236 cm³/mol. The van der Waals surface area contributed by atoms with E-state index in [0.717, 1.165) is 30.5 Å². The molecule has 3 N–H and O–H groups in total. The number of fused-ring (bicyclic) bond motifs is 4. The van der Waals surface area contributed by atoms with Crippen LogP contribution in [0.2, 0.25) is 5.02 Å². The van der Waals surface area contributed by atoms with E-state index < -0.39 is 160 Å². The Morgan fingerprint density at radius 1 is 0.944 bits per heavy atom. The van der Waals surface area contributed by atoms with Gasteiger partial charge in [-0.05, 0) is 87.3 Å². The Morgan fingerprint density at radius 3 is 2.15 bits per heavy atom. The van der Waals surface area contributed by atoms with Gasteiger partial charge in [0.2, 0.25) is 21.8 Å². The zero-order chi connectivity index (χ0) is 52.3. The van der Waals surface area contributed by atoms with Crippen molar-refractivity contribution in [2.75, 3.05) is 16.8 Å². The van der Waals surface area contributed by atoms with E-state index in [2.05, 4.69) is 32.3 Å². The summed E-state index contributed by atoms with van der Waals surface area (Å²) >= 11 is 6.66. The Labute approximate surface area is 402 Å². The second-order valence-electron chi connectivity index (χ2n) is 18.3. The molecule has 5 aromatic rings. The Hall–Kier alpha value is -5.78. The van der Waals surface area contributed by atoms with Gasteiger partial charge in [-0.15, -0.1) is 0 Å². The molecule has 2 fully saturated rings. The number of nitrogens with two attached hydrogens (primary N) is 1. The van der Waals surface area contributed by atoms with Crippen molar-refractivity contribution in [3.63, 3.8) is 0 Å². The zero-order valence-electron chi connectivity index (χ0n) is 37.4. The molecular weight excluding hydrogens is 1030 g/mol. The number of hydrogen-bond donors (Lipinski definition) is 2. The number of aromatic nitrogens is 5. The molecule has 0 spiro atoms. The van der Waals surface area contributed by atoms with Crippen LogP contribution >= 0.6 is 11.6 Å². The first-order valence-corrected chi connectivity index (χ1v) is 25.4. The van der Waals surface area contributed by atoms with Crippen LogP contribution in [0, 0.1) is 35.3 Å². The number of nitrogens with one attached hydrogen (secondary N) is 1. The largest absolute Gasteiger partial charge is 0.435 e. The van der Waals surface area contributed by atoms with Gasteiger partial charge in [-0.25, -0.2) is 30.6 Å². The summed E-state index contributed by atoms with van der Waals surface area (Å²) in [6, 6.07) is 4.46. The van der Waals surface area contributed by atoms with E-state index in [0.29, 0.717) is 17.0 Å². The van der Waals surface area contributed by atoms with Gasteiger partial charge in [0.25, 0.3) is 5.92 Å². The van der Waals surface area contributed by atoms with Crippen LogP contribution in [0.4, 0.5) is 49.7 Å². The molecule has 3 heterocycles. The monoisotopic (exact) mass is 1060 g/mol. The standard InChI is InChI=1S/C44H39ClF10N8O6S2/c1-41(2,70(3,66)67)10-9-25-5-6-26(27-7-8-30(45)34-36(27)62(19-42(48,49)50)60-39(34)63(71(4,68)69)40(65)21-14-24(56)15-21)35(57-25)31(13-20-11-22(46)16-23(47)12-20)58-32(64)18-61-38-33(37(59-61)44(53,54)55)28-17-29(28)43(38,51)52/h5-8,11-12,16,21,24,28-29,31H,13-15,17-19,56H2,1-4H3,(H,58,64)/t21-,24-,28-,29+,31-/m0/s1. The fourth-order valence-corrected chi connectivity index (χ4v) is 10.2. The van der Waals surface area contributed by atoms with Crippen LogP contribution in [-0.2, 0) is 61.1 Å². The molecule has 3 aliphatic rings. The number of amides is 2. The lowest BCUT2D eigenvalue weighted by atomic mass is 9.80. The maximum atomic E-state index is 15.6. The van der Waals surface area contributed by atoms with Crippen LogP contribution in [0.15, 0.2) is 42.5 Å². The van der Waals surface area contributed by atoms with Crippen molar-refractivity contribution in [3.05, 3.63) is 93.0 Å². The Kier molecular flexibility index (Phi) is 12.7. The van der Waals surface area contributed by atoms with E-state index in [1.54, 1.807) is 0 Å². The van der Waals surface area contributed by atoms with Crippen molar-refractivity contribution in [2.45, 2.75) is 93.6 Å². The fraction of sp³-hybridized carbons (Fsp3) is 0.432. The molecule has 380 valence electrons. The number of halogens is 11. The molecule has 0 unspecified atom stereocenters. The van der Waals surface area contributed by atoms with Crippen LogP contribution in [0.1, 0.15) is 79.0 Å². The van der Waals surface area contributed by atoms with Gasteiger partial charge in [-0.2, -0.15) is 49.6 Å². The van der Waals surface area contributed by atoms with Crippen molar-refractivity contribution in [2.24, 2.45) is 17.6 Å². The first kappa shape index (κ1) is 51.6. The Morgan fingerprint density at radius 2 is 1.58 bits per heavy atom. The summed E-state index contributed by atoms with van der Waals surface area (Å²) in [5.41, 5.74) is 0.187. The third-order valence-electron chi connectivity index (χ3n) is 12.6. The molecule has 3 aromatic heterocycles. The fourth-order valence-electron chi connectivity index (χ4n) is 8.85. The smallest absolute Gasteiger partial charge is 0.346 e. The van der Waals surface area contributed by atoms with E-state index in [1.807, 2.05) is 0 Å². The third kappa shape index (κ3) is 9.93. The number of nitrogens with zero attached hydrogens (tertiary/aromatic N) is 6. The van der Waals surface area contributed by atoms with Gasteiger partial charge in [0.1, 0.15) is 40.9 Å². The molecule has 3 aliphatic carbocycles. The van der Waals surface area contributed by atoms with Crippen molar-refractivity contribution < 1.29 is 70.3 Å². The van der Waals surface area contributed by atoms with Crippen LogP contribution in [-0.4, -0.2) is 82.7 Å². The summed E-state index contributed by atoms with van der Waals surface area (Å²) in [6.45, 7) is -0.730. The minimum absolute atomic E-state index is 0.0226. The number of pyridine rings is 1. The van der Waals surface area contributed by atoms with E-state index in [9.17, 15) is 61.5 Å². The number of alkyl halides is 8. The number of sulfonamides is 1. The number of anilines is 1. The van der Waals surface area contributed by atoms with Crippen LogP contribution in [0.25, 0.3) is 22.0 Å². The van der Waals surface area contributed by atoms with E-state index >= 15 is 8.78 Å². The first-order valence-electron chi connectivity index (χ1n) is 21.3. The Balaban J connectivity index is 1.36. The number of benzene rings is 2. The lowest BCUT2D eigenvalue weighted by molar-refractivity contribution is -0.143. The summed E-state index contributed by atoms with van der Waals surface area (Å²) < 4.78 is 198. The molecule has 3 atom stereocenters. The van der Waals surface area contributed by atoms with Gasteiger partial charge in [-0.3, -0.25) is 19.0 Å². The second-order valence-corrected chi connectivity index (χ2v) is 23.1. The topological polar surface area (TPSA) is 192 Å². The highest BCUT2D eigenvalue weighted by Gasteiger charge is 2.68. The molecule has 2 amide bonds. The average molecular weight is 1070 g/mol. The average Bonchev–Trinajstić information content (AvgIpc) is 3.73. The highest BCUT2D eigenvalue weighted by atomic mass is 35.5. The summed E-state index contributed by atoms with van der Waals surface area (Å²) in [7, 11) is -8.59. The zero-order valence-corrected chi connectivity index (χ0v) is 39.7. The number of sulfone groups is 1. The molecular formula is C44H39ClF10N8O6S2. The van der Waals surface area contributed by atoms with Gasteiger partial charge in [0.15, 0.2) is 21.3 Å². The van der Waals surface area contributed by atoms with E-state index in [-0.39, 0.29) is 50.6 Å². The highest BCUT2D eigenvalue weighted by Crippen LogP contribution is 2.68. The summed E-state index contributed by atoms with van der Waals surface area (Å²) in [5, 5.41) is 8.88. The van der Waals surface area contributed by atoms with Gasteiger partial charge < -0.3 is 11.1 Å². The van der Waals surface area contributed by atoms with Crippen LogP contribution < -0.4 is 15.4 Å². The van der Waals surface area contributed by atoms with Crippen molar-refractivity contribution in [1.82, 2.24) is 29.9 Å². The van der Waals surface area contributed by atoms with Crippen LogP contribution in [0.5, 0.6) is 0 Å². The molecule has 0 aliphatic heterocycles. The number of carbonyl (C=O) groups is 2. The normalized spacial score (nSPS) is 20.1. The van der Waals surface area contributed by atoms with Crippen LogP contribution in [0.3, 0.4) is 0 Å². The maximum Gasteiger partial charge on any atom is 0.435 e. The molecule has 0 bridgehead atoms. The first-order chi connectivity index (χ1) is 32.7. The van der Waals surface area contributed by atoms with Gasteiger partial charge in [0, 0.05) is 46.9 Å². The molecule has 27 heteroatoms. The number of hydrogen-bond acceptors (Lipinski definition) is 10. The van der Waals surface area contributed by atoms with Gasteiger partial charge in [0.05, 0.1) is 33.9 Å². The minimum Gasteiger partial charge on any atom is -0.346 e.